The molecular formula is C42H26O. The first-order valence-corrected chi connectivity index (χ1v) is 13.9. The van der Waals surface area contributed by atoms with E-state index in [1.165, 1.54) is 0 Å². The Kier molecular flexibility index (Phi) is 3.41. The molecule has 1 heterocycles. The minimum absolute atomic E-state index is 0.0669. The summed E-state index contributed by atoms with van der Waals surface area (Å²) in [6.07, 6.45) is 0. The Balaban J connectivity index is 1.56. The van der Waals surface area contributed by atoms with Gasteiger partial charge in [0.05, 0.1) is 15.1 Å². The molecule has 0 N–H and O–H groups in total. The van der Waals surface area contributed by atoms with Crippen LogP contribution < -0.4 is 0 Å². The molecule has 9 aromatic rings. The van der Waals surface area contributed by atoms with Gasteiger partial charge < -0.3 is 4.42 Å². The third-order valence-electron chi connectivity index (χ3n) is 8.06. The zero-order chi connectivity index (χ0) is 37.9. The van der Waals surface area contributed by atoms with Crippen LogP contribution in [0.1, 0.15) is 15.1 Å². The van der Waals surface area contributed by atoms with Crippen LogP contribution in [-0.4, -0.2) is 0 Å². The van der Waals surface area contributed by atoms with E-state index in [-0.39, 0.29) is 44.7 Å². The summed E-state index contributed by atoms with van der Waals surface area (Å²) < 4.78 is 103. The lowest BCUT2D eigenvalue weighted by molar-refractivity contribution is 0.669. The first-order chi connectivity index (χ1) is 25.9. The summed E-state index contributed by atoms with van der Waals surface area (Å²) in [6, 6.07) is 23.7. The number of hydrogen-bond donors (Lipinski definition) is 0. The van der Waals surface area contributed by atoms with Gasteiger partial charge in [-0.2, -0.15) is 0 Å². The van der Waals surface area contributed by atoms with Crippen LogP contribution in [0.2, 0.25) is 0 Å². The standard InChI is InChI=1S/C42H26O/c1-2-13-28(14-3-1)36-25-37-30-18-10-11-24-39(30)43-40(37)26-38(36)42-34-21-8-6-19-32(34)41(33-20-7-9-22-35(33)42)31-23-12-16-27-15-4-5-17-29(27)31/h1-26H/i1D,2D,3D,10D,11D,13D,14D,18D,24D,25D,26D. The van der Waals surface area contributed by atoms with E-state index in [0.717, 1.165) is 32.7 Å². The lowest BCUT2D eigenvalue weighted by Crippen LogP contribution is -1.93. The van der Waals surface area contributed by atoms with E-state index in [1.807, 2.05) is 78.9 Å². The molecule has 0 aliphatic rings. The lowest BCUT2D eigenvalue weighted by atomic mass is 9.82. The predicted molar refractivity (Wildman–Crippen MR) is 183 cm³/mol. The van der Waals surface area contributed by atoms with Gasteiger partial charge in [-0.3, -0.25) is 0 Å². The molecule has 0 aliphatic heterocycles. The van der Waals surface area contributed by atoms with Crippen molar-refractivity contribution in [3.63, 3.8) is 0 Å². The molecule has 0 atom stereocenters. The highest BCUT2D eigenvalue weighted by atomic mass is 16.3. The van der Waals surface area contributed by atoms with E-state index in [0.29, 0.717) is 16.3 Å². The Hall–Kier alpha value is -5.66. The normalized spacial score (nSPS) is 15.3. The number of fused-ring (bicyclic) bond motifs is 6. The number of para-hydroxylation sites is 1. The second-order valence-electron chi connectivity index (χ2n) is 10.4. The molecule has 0 unspecified atom stereocenters. The van der Waals surface area contributed by atoms with Crippen LogP contribution in [0, 0.1) is 0 Å². The maximum Gasteiger partial charge on any atom is 0.136 e. The summed E-state index contributed by atoms with van der Waals surface area (Å²) >= 11 is 0. The second-order valence-corrected chi connectivity index (χ2v) is 10.4. The predicted octanol–water partition coefficient (Wildman–Crippen LogP) is 12.0. The summed E-state index contributed by atoms with van der Waals surface area (Å²) in [4.78, 5) is 0. The number of benzene rings is 8. The molecule has 0 saturated carbocycles. The van der Waals surface area contributed by atoms with Crippen LogP contribution in [0.3, 0.4) is 0 Å². The molecule has 0 spiro atoms. The number of rotatable bonds is 3. The largest absolute Gasteiger partial charge is 0.456 e. The average molecular weight is 558 g/mol. The van der Waals surface area contributed by atoms with Crippen molar-refractivity contribution in [3.8, 4) is 33.4 Å². The van der Waals surface area contributed by atoms with Gasteiger partial charge in [-0.15, -0.1) is 0 Å². The van der Waals surface area contributed by atoms with E-state index >= 15 is 0 Å². The molecule has 0 radical (unpaired) electrons. The van der Waals surface area contributed by atoms with Crippen molar-refractivity contribution in [2.45, 2.75) is 0 Å². The summed E-state index contributed by atoms with van der Waals surface area (Å²) in [5.74, 6) is 0. The molecule has 200 valence electrons. The minimum Gasteiger partial charge on any atom is -0.456 e. The zero-order valence-corrected chi connectivity index (χ0v) is 22.6. The molecule has 1 aromatic heterocycles. The second kappa shape index (κ2) is 9.44. The fourth-order valence-electron chi connectivity index (χ4n) is 6.27. The number of furan rings is 1. The topological polar surface area (TPSA) is 13.1 Å². The van der Waals surface area contributed by atoms with E-state index in [4.69, 9.17) is 16.8 Å². The molecule has 43 heavy (non-hydrogen) atoms. The third-order valence-corrected chi connectivity index (χ3v) is 8.06. The Bertz CT molecular complexity index is 3040. The maximum atomic E-state index is 9.86. The van der Waals surface area contributed by atoms with E-state index in [9.17, 15) is 2.74 Å². The van der Waals surface area contributed by atoms with Crippen molar-refractivity contribution in [2.24, 2.45) is 0 Å². The van der Waals surface area contributed by atoms with Crippen LogP contribution in [0.5, 0.6) is 0 Å². The van der Waals surface area contributed by atoms with Crippen molar-refractivity contribution in [1.29, 1.82) is 0 Å². The van der Waals surface area contributed by atoms with Crippen LogP contribution >= 0.6 is 0 Å². The molecule has 9 rings (SSSR count). The van der Waals surface area contributed by atoms with Crippen LogP contribution in [-0.2, 0) is 0 Å². The average Bonchev–Trinajstić information content (AvgIpc) is 3.61. The molecule has 0 fully saturated rings. The van der Waals surface area contributed by atoms with Gasteiger partial charge in [-0.25, -0.2) is 0 Å². The van der Waals surface area contributed by atoms with Crippen molar-refractivity contribution in [2.75, 3.05) is 0 Å². The molecule has 1 heteroatoms. The van der Waals surface area contributed by atoms with Crippen LogP contribution in [0.15, 0.2) is 162 Å². The Morgan fingerprint density at radius 3 is 1.70 bits per heavy atom. The fourth-order valence-corrected chi connectivity index (χ4v) is 6.27. The van der Waals surface area contributed by atoms with Crippen molar-refractivity contribution in [3.05, 3.63) is 157 Å². The highest BCUT2D eigenvalue weighted by Crippen LogP contribution is 2.48. The quantitative estimate of drug-likeness (QED) is 0.197. The Morgan fingerprint density at radius 1 is 0.395 bits per heavy atom. The third kappa shape index (κ3) is 3.65. The van der Waals surface area contributed by atoms with E-state index in [1.54, 1.807) is 0 Å². The summed E-state index contributed by atoms with van der Waals surface area (Å²) in [5.41, 5.74) is 1.55. The minimum atomic E-state index is -0.622. The fraction of sp³-hybridized carbons (Fsp3) is 0. The molecule has 0 bridgehead atoms. The summed E-state index contributed by atoms with van der Waals surface area (Å²) in [6.45, 7) is 0. The van der Waals surface area contributed by atoms with Gasteiger partial charge in [0, 0.05) is 10.8 Å². The zero-order valence-electron chi connectivity index (χ0n) is 33.6. The van der Waals surface area contributed by atoms with Gasteiger partial charge in [-0.05, 0) is 83.8 Å². The van der Waals surface area contributed by atoms with Crippen molar-refractivity contribution >= 4 is 54.3 Å². The summed E-state index contributed by atoms with van der Waals surface area (Å²) in [7, 11) is 0. The van der Waals surface area contributed by atoms with Gasteiger partial charge in [0.25, 0.3) is 0 Å². The maximum absolute atomic E-state index is 9.86. The molecule has 0 saturated heterocycles. The SMILES string of the molecule is [2H]c1c([2H])c([2H])c(-c2c(-c3c4ccccc4c(-c4cccc5ccccc45)c4ccccc34)c([2H])c3oc4c([2H])c([2H])c([2H])c([2H])c4c3c2[2H])c([2H])c1[2H]. The monoisotopic (exact) mass is 557 g/mol. The molecule has 1 nitrogen and oxygen atoms in total. The van der Waals surface area contributed by atoms with E-state index < -0.39 is 60.4 Å². The summed E-state index contributed by atoms with van der Waals surface area (Å²) in [5, 5.41) is 4.79. The Labute approximate surface area is 264 Å². The Morgan fingerprint density at radius 2 is 0.977 bits per heavy atom. The first-order valence-electron chi connectivity index (χ1n) is 19.4. The molecular weight excluding hydrogens is 520 g/mol. The molecule has 8 aromatic carbocycles. The molecule has 0 amide bonds. The smallest absolute Gasteiger partial charge is 0.136 e. The lowest BCUT2D eigenvalue weighted by Gasteiger charge is -2.20. The van der Waals surface area contributed by atoms with Crippen molar-refractivity contribution < 1.29 is 19.5 Å². The van der Waals surface area contributed by atoms with Gasteiger partial charge in [0.1, 0.15) is 11.2 Å². The van der Waals surface area contributed by atoms with Crippen LogP contribution in [0.4, 0.5) is 0 Å². The van der Waals surface area contributed by atoms with Crippen molar-refractivity contribution in [1.82, 2.24) is 0 Å². The highest BCUT2D eigenvalue weighted by Gasteiger charge is 2.21. The number of hydrogen-bond acceptors (Lipinski definition) is 1. The molecule has 0 aliphatic carbocycles. The van der Waals surface area contributed by atoms with Gasteiger partial charge in [0.15, 0.2) is 0 Å². The van der Waals surface area contributed by atoms with Gasteiger partial charge in [0.2, 0.25) is 0 Å². The van der Waals surface area contributed by atoms with E-state index in [2.05, 4.69) is 12.1 Å². The first kappa shape index (κ1) is 15.5. The highest BCUT2D eigenvalue weighted by molar-refractivity contribution is 6.25. The van der Waals surface area contributed by atoms with Gasteiger partial charge in [-0.1, -0.05) is 139 Å². The van der Waals surface area contributed by atoms with Crippen LogP contribution in [0.25, 0.3) is 87.6 Å². The van der Waals surface area contributed by atoms with Gasteiger partial charge >= 0.3 is 0 Å².